The Kier molecular flexibility index (Phi) is 34.8. The van der Waals surface area contributed by atoms with E-state index in [1.54, 1.807) is 58.0 Å². The molecule has 630 valence electrons. The fraction of sp³-hybridized carbons (Fsp3) is 0.319. The van der Waals surface area contributed by atoms with Crippen LogP contribution in [0.15, 0.2) is 157 Å². The summed E-state index contributed by atoms with van der Waals surface area (Å²) < 4.78 is 230. The number of rotatable bonds is 21. The summed E-state index contributed by atoms with van der Waals surface area (Å²) in [4.78, 5) is 33.0. The number of aromatic nitrogens is 15. The molecule has 9 heterocycles. The largest absolute Gasteiger partial charge is 1.00 e. The van der Waals surface area contributed by atoms with E-state index >= 15 is 0 Å². The van der Waals surface area contributed by atoms with Crippen molar-refractivity contribution in [3.05, 3.63) is 195 Å². The molecule has 7 N–H and O–H groups in total. The smallest absolute Gasteiger partial charge is 0.850 e. The number of benzene rings is 3. The van der Waals surface area contributed by atoms with Crippen LogP contribution in [-0.4, -0.2) is 164 Å². The van der Waals surface area contributed by atoms with Crippen LogP contribution < -0.4 is 39.9 Å². The molecule has 46 heteroatoms. The number of H-pyrrole nitrogens is 1. The van der Waals surface area contributed by atoms with Crippen molar-refractivity contribution in [3.63, 3.8) is 0 Å². The first-order chi connectivity index (χ1) is 54.6. The number of carbonyl (C=O) groups excluding carboxylic acids is 1. The zero-order chi connectivity index (χ0) is 86.8. The molecule has 0 radical (unpaired) electrons. The molecule has 12 aromatic rings. The van der Waals surface area contributed by atoms with Crippen LogP contribution >= 0.6 is 47.8 Å². The summed E-state index contributed by atoms with van der Waals surface area (Å²) in [5, 5.41) is 72.4. The van der Waals surface area contributed by atoms with Crippen molar-refractivity contribution >= 4 is 71.2 Å². The summed E-state index contributed by atoms with van der Waals surface area (Å²) in [6.45, 7) is 7.02. The summed E-state index contributed by atoms with van der Waals surface area (Å²) >= 11 is 9.54. The molecule has 3 unspecified atom stereocenters. The van der Waals surface area contributed by atoms with E-state index in [1.165, 1.54) is 83.6 Å². The molecule has 0 fully saturated rings. The van der Waals surface area contributed by atoms with Crippen LogP contribution in [0.5, 0.6) is 0 Å². The molecule has 0 saturated heterocycles. The molecule has 9 aromatic heterocycles. The van der Waals surface area contributed by atoms with E-state index in [0.717, 1.165) is 29.1 Å². The molecule has 0 saturated carbocycles. The Labute approximate surface area is 700 Å². The van der Waals surface area contributed by atoms with E-state index < -0.39 is 107 Å². The monoisotopic (exact) mass is 1860 g/mol. The van der Waals surface area contributed by atoms with Gasteiger partial charge in [-0.05, 0) is 81.8 Å². The predicted octanol–water partition coefficient (Wildman–Crippen LogP) is 13.1. The number of anilines is 3. The fourth-order valence-corrected chi connectivity index (χ4v) is 9.72. The number of hydrogen-bond donors (Lipinski definition) is 7. The van der Waals surface area contributed by atoms with E-state index in [4.69, 9.17) is 14.9 Å². The fourth-order valence-electron chi connectivity index (χ4n) is 8.60. The van der Waals surface area contributed by atoms with Crippen LogP contribution in [0, 0.1) is 34.9 Å². The second-order valence-electron chi connectivity index (χ2n) is 25.7. The normalized spacial score (nSPS) is 12.9. The summed E-state index contributed by atoms with van der Waals surface area (Å²) in [7, 11) is 0. The maximum Gasteiger partial charge on any atom is 1.00 e. The van der Waals surface area contributed by atoms with Gasteiger partial charge in [-0.1, -0.05) is 122 Å². The SMILES string of the molecule is C.CC(C)(C)[O-].CC(O)(CNc1nc(-c2cc(-c3ccon3)n(Cc3ccc(Br)cc3F)n2)ncc1F)C(F)(F)F.CC(O)(CNc1nc(-c2cc(-c3ccon3)n[nH]2)ncc1F)C(F)(F)F.CCOC(C)=O.Fc1cc(Br)ccc1CBr.[2H]c1ccc(Cn2nc(-c3ncc(F)c(NCC(C)(O)C(F)(F)F)n3)cc2-c2ccon2)c(F)c1.[Li+]. The molecule has 0 aliphatic heterocycles. The molecule has 3 atom stereocenters. The number of nitrogens with one attached hydrogen (secondary N) is 4. The van der Waals surface area contributed by atoms with E-state index in [2.05, 4.69) is 134 Å². The van der Waals surface area contributed by atoms with Gasteiger partial charge in [-0.25, -0.2) is 56.2 Å². The summed E-state index contributed by atoms with van der Waals surface area (Å²) in [6, 6.07) is 22.5. The summed E-state index contributed by atoms with van der Waals surface area (Å²) in [5.41, 5.74) is -6.04. The predicted molar refractivity (Wildman–Crippen MR) is 402 cm³/mol. The van der Waals surface area contributed by atoms with Gasteiger partial charge in [-0.3, -0.25) is 19.3 Å². The molecule has 0 aliphatic carbocycles. The second-order valence-corrected chi connectivity index (χ2v) is 28.1. The van der Waals surface area contributed by atoms with Crippen molar-refractivity contribution < 1.29 is 130 Å². The van der Waals surface area contributed by atoms with Crippen molar-refractivity contribution in [1.29, 1.82) is 0 Å². The van der Waals surface area contributed by atoms with E-state index in [9.17, 15) is 91.1 Å². The number of carbonyl (C=O) groups is 1. The maximum absolute atomic E-state index is 14.4. The third kappa shape index (κ3) is 28.6. The minimum atomic E-state index is -4.95. The van der Waals surface area contributed by atoms with Gasteiger partial charge >= 0.3 is 43.4 Å². The Bertz CT molecular complexity index is 5030. The molecule has 0 bridgehead atoms. The first-order valence-electron chi connectivity index (χ1n) is 33.7. The Morgan fingerprint density at radius 1 is 0.534 bits per heavy atom. The van der Waals surface area contributed by atoms with Crippen molar-refractivity contribution in [3.8, 4) is 68.7 Å². The first kappa shape index (κ1) is 96.7. The van der Waals surface area contributed by atoms with Gasteiger partial charge in [0.1, 0.15) is 76.1 Å². The average Bonchev–Trinajstić information content (AvgIpc) is 1.66. The van der Waals surface area contributed by atoms with Gasteiger partial charge in [0, 0.05) is 50.5 Å². The zero-order valence-electron chi connectivity index (χ0n) is 63.4. The van der Waals surface area contributed by atoms with E-state index in [-0.39, 0.29) is 97.3 Å². The number of esters is 1. The number of ether oxygens (including phenoxy) is 1. The third-order valence-electron chi connectivity index (χ3n) is 14.9. The van der Waals surface area contributed by atoms with Crippen LogP contribution in [-0.2, 0) is 28.0 Å². The summed E-state index contributed by atoms with van der Waals surface area (Å²) in [5.74, 6) is -6.44. The Balaban J connectivity index is 0.000000282. The van der Waals surface area contributed by atoms with Crippen LogP contribution in [0.1, 0.15) is 80.9 Å². The topological polar surface area (TPSA) is 366 Å². The van der Waals surface area contributed by atoms with E-state index in [1.807, 2.05) is 6.07 Å². The van der Waals surface area contributed by atoms with Crippen LogP contribution in [0.3, 0.4) is 0 Å². The molecular formula is C72H71Br3F15LiN18O9. The minimum Gasteiger partial charge on any atom is -0.850 e. The Hall–Kier alpha value is -10.1. The molecule has 3 aromatic carbocycles. The van der Waals surface area contributed by atoms with Gasteiger partial charge < -0.3 is 54.7 Å². The minimum absolute atomic E-state index is 0. The summed E-state index contributed by atoms with van der Waals surface area (Å²) in [6.07, 6.45) is -8.49. The molecule has 0 spiro atoms. The average molecular weight is 1870 g/mol. The number of aliphatic hydroxyl groups is 3. The number of nitrogens with zero attached hydrogens (tertiary/aromatic N) is 14. The maximum atomic E-state index is 14.4. The molecule has 12 rings (SSSR count). The zero-order valence-corrected chi connectivity index (χ0v) is 67.2. The quantitative estimate of drug-likeness (QED) is 0.0152. The van der Waals surface area contributed by atoms with Gasteiger partial charge in [0.15, 0.2) is 69.2 Å². The van der Waals surface area contributed by atoms with Gasteiger partial charge in [-0.2, -0.15) is 54.8 Å². The third-order valence-corrected chi connectivity index (χ3v) is 16.5. The Morgan fingerprint density at radius 2 is 0.907 bits per heavy atom. The van der Waals surface area contributed by atoms with Crippen molar-refractivity contribution in [2.24, 2.45) is 0 Å². The van der Waals surface area contributed by atoms with Crippen molar-refractivity contribution in [2.45, 2.75) is 122 Å². The molecule has 27 nitrogen and oxygen atoms in total. The molecular weight excluding hydrogens is 1790 g/mol. The van der Waals surface area contributed by atoms with Crippen LogP contribution in [0.2, 0.25) is 0 Å². The van der Waals surface area contributed by atoms with Crippen molar-refractivity contribution in [2.75, 3.05) is 42.2 Å². The van der Waals surface area contributed by atoms with Gasteiger partial charge in [0.25, 0.3) is 0 Å². The number of aromatic amines is 1. The number of hydrogen-bond acceptors (Lipinski definition) is 24. The Morgan fingerprint density at radius 3 is 1.25 bits per heavy atom. The molecule has 118 heavy (non-hydrogen) atoms. The van der Waals surface area contributed by atoms with E-state index in [0.29, 0.717) is 82.5 Å². The molecule has 0 amide bonds. The molecule has 0 aliphatic rings. The standard InChI is InChI=1S/C21H16BrF5N6O2.C21H17F5N6O2.C14H12F4N6O2.C7H5Br2F.C4H8O2.C4H9O.CH4.Li/c1-20(34,21(25,26)27)10-29-18-14(24)8-28-19(30-18)16-7-17(15-4-5-35-32-15)33(31-16)9-11-2-3-12(22)6-13(11)23;1-20(33,21(24,25)26)11-28-18-14(23)9-27-19(29-18)16-8-17(15-6-7-34-31-15)32(30-16)10-12-4-2-3-5-13(12)22;1-13(25,14(16,17)18)6-20-11-7(15)5-19-12(21-11)10-4-9(22-23-10)8-2-3-26-24-8;8-4-5-1-2-6(9)3-7(5)10;1-3-6-4(2)5;1-4(2,3)5;;/h2-8,34H,9-10H2,1H3,(H,28,29,30);2-9,33H,10-11H2,1H3,(H,27,28,29);2-5,25H,6H2,1H3,(H,22,23)(H,19,20,21);1-3H,4H2;3H2,1-2H3;1-3H3;1H4;/q;;;;;-1;;+1/i;3D;;;;;;. The van der Waals surface area contributed by atoms with Crippen LogP contribution in [0.4, 0.5) is 83.3 Å². The van der Waals surface area contributed by atoms with Gasteiger partial charge in [-0.15, -0.1) is 5.60 Å². The first-order valence-corrected chi connectivity index (χ1v) is 35.9. The number of alkyl halides is 10. The second kappa shape index (κ2) is 42.5. The van der Waals surface area contributed by atoms with Crippen LogP contribution in [0.25, 0.3) is 68.7 Å². The van der Waals surface area contributed by atoms with Gasteiger partial charge in [0.2, 0.25) is 0 Å². The van der Waals surface area contributed by atoms with Gasteiger partial charge in [0.05, 0.1) is 70.7 Å². The van der Waals surface area contributed by atoms with Crippen molar-refractivity contribution in [1.82, 2.24) is 75.1 Å². The number of halogens is 18.